The van der Waals surface area contributed by atoms with Crippen LogP contribution < -0.4 is 0 Å². The van der Waals surface area contributed by atoms with Crippen molar-refractivity contribution in [1.82, 2.24) is 4.90 Å². The van der Waals surface area contributed by atoms with E-state index in [9.17, 15) is 5.11 Å². The van der Waals surface area contributed by atoms with Crippen molar-refractivity contribution in [2.45, 2.75) is 43.7 Å². The molecule has 3 rings (SSSR count). The molecule has 1 N–H and O–H groups in total. The second-order valence-electron chi connectivity index (χ2n) is 5.52. The van der Waals surface area contributed by atoms with Crippen molar-refractivity contribution in [3.05, 3.63) is 35.9 Å². The predicted molar refractivity (Wildman–Crippen MR) is 69.0 cm³/mol. The fraction of sp³-hybridized carbons (Fsp3) is 0.600. The van der Waals surface area contributed by atoms with E-state index in [2.05, 4.69) is 35.2 Å². The number of aliphatic hydroxyl groups is 1. The molecule has 1 aromatic carbocycles. The van der Waals surface area contributed by atoms with Gasteiger partial charge in [0.05, 0.1) is 6.10 Å². The minimum Gasteiger partial charge on any atom is -0.393 e. The minimum atomic E-state index is -0.0301. The first-order valence-corrected chi connectivity index (χ1v) is 6.80. The summed E-state index contributed by atoms with van der Waals surface area (Å²) in [6, 6.07) is 11.6. The van der Waals surface area contributed by atoms with Gasteiger partial charge in [-0.1, -0.05) is 30.3 Å². The van der Waals surface area contributed by atoms with E-state index in [1.54, 1.807) is 0 Å². The molecule has 1 heterocycles. The first-order chi connectivity index (χ1) is 8.33. The molecule has 0 aromatic heterocycles. The van der Waals surface area contributed by atoms with Crippen molar-refractivity contribution in [3.63, 3.8) is 0 Å². The number of hydrogen-bond donors (Lipinski definition) is 1. The third kappa shape index (κ3) is 2.38. The maximum atomic E-state index is 9.51. The first-order valence-electron chi connectivity index (χ1n) is 6.80. The smallest absolute Gasteiger partial charge is 0.0541 e. The van der Waals surface area contributed by atoms with Crippen LogP contribution in [0.5, 0.6) is 0 Å². The second kappa shape index (κ2) is 4.79. The molecule has 1 saturated heterocycles. The van der Waals surface area contributed by atoms with E-state index in [4.69, 9.17) is 0 Å². The Labute approximate surface area is 103 Å². The normalized spacial score (nSPS) is 31.1. The van der Waals surface area contributed by atoms with E-state index in [0.29, 0.717) is 0 Å². The molecule has 1 saturated carbocycles. The average molecular weight is 231 g/mol. The van der Waals surface area contributed by atoms with Crippen molar-refractivity contribution in [3.8, 4) is 0 Å². The molecular weight excluding hydrogens is 210 g/mol. The maximum absolute atomic E-state index is 9.51. The van der Waals surface area contributed by atoms with Crippen LogP contribution in [-0.4, -0.2) is 35.2 Å². The van der Waals surface area contributed by atoms with E-state index in [-0.39, 0.29) is 6.10 Å². The van der Waals surface area contributed by atoms with Crippen LogP contribution >= 0.6 is 0 Å². The van der Waals surface area contributed by atoms with Crippen LogP contribution in [0.3, 0.4) is 0 Å². The van der Waals surface area contributed by atoms with Crippen molar-refractivity contribution in [2.24, 2.45) is 0 Å². The van der Waals surface area contributed by atoms with Crippen molar-refractivity contribution in [2.75, 3.05) is 13.1 Å². The van der Waals surface area contributed by atoms with Crippen LogP contribution in [0.15, 0.2) is 30.3 Å². The van der Waals surface area contributed by atoms with E-state index in [0.717, 1.165) is 24.8 Å². The third-order valence-electron chi connectivity index (χ3n) is 4.36. The van der Waals surface area contributed by atoms with Gasteiger partial charge in [0, 0.05) is 25.0 Å². The van der Waals surface area contributed by atoms with Gasteiger partial charge >= 0.3 is 0 Å². The quantitative estimate of drug-likeness (QED) is 0.845. The van der Waals surface area contributed by atoms with Crippen LogP contribution in [0.25, 0.3) is 0 Å². The highest BCUT2D eigenvalue weighted by molar-refractivity contribution is 5.22. The second-order valence-corrected chi connectivity index (χ2v) is 5.52. The molecule has 17 heavy (non-hydrogen) atoms. The Morgan fingerprint density at radius 2 is 1.59 bits per heavy atom. The van der Waals surface area contributed by atoms with Crippen LogP contribution in [0, 0.1) is 0 Å². The van der Waals surface area contributed by atoms with Gasteiger partial charge in [0.15, 0.2) is 0 Å². The summed E-state index contributed by atoms with van der Waals surface area (Å²) in [6.45, 7) is 2.43. The van der Waals surface area contributed by atoms with Crippen LogP contribution in [0.1, 0.15) is 37.2 Å². The molecule has 1 aliphatic heterocycles. The Morgan fingerprint density at radius 3 is 2.24 bits per heavy atom. The highest BCUT2D eigenvalue weighted by Gasteiger charge is 2.34. The lowest BCUT2D eigenvalue weighted by molar-refractivity contribution is 0.0323. The molecule has 0 bridgehead atoms. The first kappa shape index (κ1) is 11.2. The molecule has 0 spiro atoms. The SMILES string of the molecule is OC1CCC(N2CC(c3ccccc3)C2)CC1. The molecule has 2 nitrogen and oxygen atoms in total. The molecule has 0 amide bonds. The molecular formula is C15H21NO. The third-order valence-corrected chi connectivity index (χ3v) is 4.36. The Balaban J connectivity index is 1.52. The van der Waals surface area contributed by atoms with Crippen LogP contribution in [0.4, 0.5) is 0 Å². The summed E-state index contributed by atoms with van der Waals surface area (Å²) in [5.74, 6) is 0.739. The van der Waals surface area contributed by atoms with Gasteiger partial charge in [-0.3, -0.25) is 4.90 Å². The zero-order chi connectivity index (χ0) is 11.7. The van der Waals surface area contributed by atoms with Gasteiger partial charge in [0.25, 0.3) is 0 Å². The minimum absolute atomic E-state index is 0.0301. The largest absolute Gasteiger partial charge is 0.393 e. The summed E-state index contributed by atoms with van der Waals surface area (Å²) in [5.41, 5.74) is 1.49. The maximum Gasteiger partial charge on any atom is 0.0541 e. The van der Waals surface area contributed by atoms with Gasteiger partial charge in [-0.05, 0) is 31.2 Å². The van der Waals surface area contributed by atoms with Gasteiger partial charge < -0.3 is 5.11 Å². The molecule has 0 radical (unpaired) electrons. The number of hydrogen-bond acceptors (Lipinski definition) is 2. The molecule has 0 atom stereocenters. The summed E-state index contributed by atoms with van der Waals surface area (Å²) in [6.07, 6.45) is 4.33. The van der Waals surface area contributed by atoms with Gasteiger partial charge in [-0.25, -0.2) is 0 Å². The van der Waals surface area contributed by atoms with Crippen LogP contribution in [-0.2, 0) is 0 Å². The van der Waals surface area contributed by atoms with E-state index in [1.165, 1.54) is 31.5 Å². The Hall–Kier alpha value is -0.860. The van der Waals surface area contributed by atoms with Gasteiger partial charge in [-0.2, -0.15) is 0 Å². The molecule has 1 aliphatic carbocycles. The summed E-state index contributed by atoms with van der Waals surface area (Å²) in [5, 5.41) is 9.51. The number of benzene rings is 1. The molecule has 2 aliphatic rings. The predicted octanol–water partition coefficient (Wildman–Crippen LogP) is 2.39. The van der Waals surface area contributed by atoms with Crippen LogP contribution in [0.2, 0.25) is 0 Å². The highest BCUT2D eigenvalue weighted by atomic mass is 16.3. The number of rotatable bonds is 2. The lowest BCUT2D eigenvalue weighted by atomic mass is 9.85. The topological polar surface area (TPSA) is 23.5 Å². The van der Waals surface area contributed by atoms with E-state index in [1.807, 2.05) is 0 Å². The van der Waals surface area contributed by atoms with Crippen molar-refractivity contribution in [1.29, 1.82) is 0 Å². The molecule has 92 valence electrons. The highest BCUT2D eigenvalue weighted by Crippen LogP contribution is 2.33. The summed E-state index contributed by atoms with van der Waals surface area (Å²) >= 11 is 0. The molecule has 0 unspecified atom stereocenters. The Bertz CT molecular complexity index is 350. The van der Waals surface area contributed by atoms with E-state index >= 15 is 0 Å². The van der Waals surface area contributed by atoms with Crippen molar-refractivity contribution >= 4 is 0 Å². The number of nitrogens with zero attached hydrogens (tertiary/aromatic N) is 1. The fourth-order valence-corrected chi connectivity index (χ4v) is 3.17. The fourth-order valence-electron chi connectivity index (χ4n) is 3.17. The lowest BCUT2D eigenvalue weighted by Gasteiger charge is -2.46. The van der Waals surface area contributed by atoms with Gasteiger partial charge in [0.1, 0.15) is 0 Å². The van der Waals surface area contributed by atoms with Gasteiger partial charge in [0.2, 0.25) is 0 Å². The summed E-state index contributed by atoms with van der Waals surface area (Å²) < 4.78 is 0. The standard InChI is InChI=1S/C15H21NO/c17-15-8-6-14(7-9-15)16-10-13(11-16)12-4-2-1-3-5-12/h1-5,13-15,17H,6-11H2. The van der Waals surface area contributed by atoms with E-state index < -0.39 is 0 Å². The Morgan fingerprint density at radius 1 is 0.941 bits per heavy atom. The monoisotopic (exact) mass is 231 g/mol. The zero-order valence-electron chi connectivity index (χ0n) is 10.3. The number of likely N-dealkylation sites (tertiary alicyclic amines) is 1. The zero-order valence-corrected chi connectivity index (χ0v) is 10.3. The lowest BCUT2D eigenvalue weighted by Crippen LogP contribution is -2.51. The molecule has 2 fully saturated rings. The molecule has 1 aromatic rings. The number of aliphatic hydroxyl groups excluding tert-OH is 1. The summed E-state index contributed by atoms with van der Waals surface area (Å²) in [7, 11) is 0. The molecule has 2 heteroatoms. The average Bonchev–Trinajstić information content (AvgIpc) is 2.31. The van der Waals surface area contributed by atoms with Crippen molar-refractivity contribution < 1.29 is 5.11 Å². The Kier molecular flexibility index (Phi) is 3.17. The van der Waals surface area contributed by atoms with Gasteiger partial charge in [-0.15, -0.1) is 0 Å². The summed E-state index contributed by atoms with van der Waals surface area (Å²) in [4.78, 5) is 2.60.